The number of ether oxygens (including phenoxy) is 1. The molecule has 0 radical (unpaired) electrons. The van der Waals surface area contributed by atoms with Crippen molar-refractivity contribution in [2.24, 2.45) is 0 Å². The van der Waals surface area contributed by atoms with Crippen LogP contribution in [0.5, 0.6) is 5.75 Å². The Kier molecular flexibility index (Phi) is 1.94. The molecule has 1 aromatic rings. The molecule has 0 aliphatic carbocycles. The number of hydrogen-bond donors (Lipinski definition) is 0. The van der Waals surface area contributed by atoms with Gasteiger partial charge in [-0.2, -0.15) is 0 Å². The molecule has 0 aromatic heterocycles. The van der Waals surface area contributed by atoms with Crippen LogP contribution in [0, 0.1) is 6.57 Å². The summed E-state index contributed by atoms with van der Waals surface area (Å²) in [6, 6.07) is 5.97. The van der Waals surface area contributed by atoms with Crippen molar-refractivity contribution in [3.05, 3.63) is 40.7 Å². The van der Waals surface area contributed by atoms with Gasteiger partial charge in [-0.05, 0) is 11.6 Å². The highest BCUT2D eigenvalue weighted by molar-refractivity contribution is 5.46. The summed E-state index contributed by atoms with van der Waals surface area (Å²) in [4.78, 5) is 3.51. The van der Waals surface area contributed by atoms with E-state index >= 15 is 0 Å². The minimum Gasteiger partial charge on any atom is -0.492 e. The molecule has 0 saturated heterocycles. The van der Waals surface area contributed by atoms with E-state index in [-0.39, 0.29) is 6.04 Å². The number of benzene rings is 1. The molecule has 0 saturated carbocycles. The van der Waals surface area contributed by atoms with Gasteiger partial charge in [0.25, 0.3) is 0 Å². The highest BCUT2D eigenvalue weighted by Crippen LogP contribution is 2.34. The van der Waals surface area contributed by atoms with Crippen molar-refractivity contribution < 1.29 is 4.74 Å². The Hall–Kier alpha value is -1.49. The maximum absolute atomic E-state index is 6.98. The van der Waals surface area contributed by atoms with Crippen molar-refractivity contribution >= 4 is 0 Å². The van der Waals surface area contributed by atoms with Gasteiger partial charge in [-0.3, -0.25) is 0 Å². The van der Waals surface area contributed by atoms with Crippen LogP contribution in [-0.4, -0.2) is 6.61 Å². The Morgan fingerprint density at radius 3 is 3.15 bits per heavy atom. The number of nitrogens with zero attached hydrogens (tertiary/aromatic N) is 1. The molecular weight excluding hydrogens is 162 g/mol. The molecule has 0 N–H and O–H groups in total. The SMILES string of the molecule is [C-]#[N+]C(C)c1cccc2c1OCC2. The molecule has 0 fully saturated rings. The van der Waals surface area contributed by atoms with Gasteiger partial charge < -0.3 is 9.58 Å². The van der Waals surface area contributed by atoms with E-state index < -0.39 is 0 Å². The minimum atomic E-state index is -0.0898. The number of rotatable bonds is 1. The molecule has 1 atom stereocenters. The largest absolute Gasteiger partial charge is 0.492 e. The van der Waals surface area contributed by atoms with Crippen LogP contribution >= 0.6 is 0 Å². The van der Waals surface area contributed by atoms with Crippen LogP contribution in [0.15, 0.2) is 18.2 Å². The standard InChI is InChI=1S/C11H11NO/c1-8(12-2)10-5-3-4-9-6-7-13-11(9)10/h3-5,8H,6-7H2,1H3. The van der Waals surface area contributed by atoms with E-state index in [4.69, 9.17) is 11.3 Å². The first kappa shape index (κ1) is 8.12. The van der Waals surface area contributed by atoms with Crippen LogP contribution in [0.2, 0.25) is 0 Å². The molecule has 0 spiro atoms. The molecule has 0 amide bonds. The number of fused-ring (bicyclic) bond motifs is 1. The third-order valence-corrected chi connectivity index (χ3v) is 2.39. The van der Waals surface area contributed by atoms with Crippen molar-refractivity contribution in [1.82, 2.24) is 0 Å². The first-order valence-electron chi connectivity index (χ1n) is 4.44. The summed E-state index contributed by atoms with van der Waals surface area (Å²) >= 11 is 0. The first-order valence-corrected chi connectivity index (χ1v) is 4.44. The van der Waals surface area contributed by atoms with Gasteiger partial charge in [0.1, 0.15) is 5.75 Å². The second-order valence-corrected chi connectivity index (χ2v) is 3.24. The predicted octanol–water partition coefficient (Wildman–Crippen LogP) is 2.60. The molecule has 13 heavy (non-hydrogen) atoms. The van der Waals surface area contributed by atoms with E-state index in [1.807, 2.05) is 19.1 Å². The molecule has 1 aromatic carbocycles. The summed E-state index contributed by atoms with van der Waals surface area (Å²) in [6.45, 7) is 9.65. The van der Waals surface area contributed by atoms with Gasteiger partial charge in [-0.15, -0.1) is 0 Å². The van der Waals surface area contributed by atoms with Gasteiger partial charge in [-0.1, -0.05) is 12.1 Å². The average molecular weight is 173 g/mol. The summed E-state index contributed by atoms with van der Waals surface area (Å²) in [6.07, 6.45) is 0.980. The van der Waals surface area contributed by atoms with Gasteiger partial charge in [0.2, 0.25) is 6.04 Å². The van der Waals surface area contributed by atoms with Crippen molar-refractivity contribution in [3.8, 4) is 5.75 Å². The molecule has 2 rings (SSSR count). The molecule has 2 nitrogen and oxygen atoms in total. The average Bonchev–Trinajstić information content (AvgIpc) is 2.63. The quantitative estimate of drug-likeness (QED) is 0.595. The van der Waals surface area contributed by atoms with Gasteiger partial charge in [-0.25, -0.2) is 6.57 Å². The van der Waals surface area contributed by atoms with Crippen LogP contribution < -0.4 is 4.74 Å². The topological polar surface area (TPSA) is 13.6 Å². The summed E-state index contributed by atoms with van der Waals surface area (Å²) in [5.74, 6) is 0.950. The van der Waals surface area contributed by atoms with Gasteiger partial charge in [0, 0.05) is 13.3 Å². The minimum absolute atomic E-state index is 0.0898. The molecule has 1 aliphatic heterocycles. The van der Waals surface area contributed by atoms with Gasteiger partial charge >= 0.3 is 0 Å². The van der Waals surface area contributed by atoms with Gasteiger partial charge in [0.05, 0.1) is 12.2 Å². The van der Waals surface area contributed by atoms with Crippen molar-refractivity contribution in [1.29, 1.82) is 0 Å². The monoisotopic (exact) mass is 173 g/mol. The lowest BCUT2D eigenvalue weighted by molar-refractivity contribution is 0.353. The summed E-state index contributed by atoms with van der Waals surface area (Å²) in [5, 5.41) is 0. The van der Waals surface area contributed by atoms with Crippen LogP contribution in [0.25, 0.3) is 4.85 Å². The lowest BCUT2D eigenvalue weighted by Crippen LogP contribution is -1.93. The van der Waals surface area contributed by atoms with E-state index in [0.717, 1.165) is 24.3 Å². The highest BCUT2D eigenvalue weighted by atomic mass is 16.5. The van der Waals surface area contributed by atoms with Crippen LogP contribution in [-0.2, 0) is 6.42 Å². The summed E-state index contributed by atoms with van der Waals surface area (Å²) < 4.78 is 5.51. The highest BCUT2D eigenvalue weighted by Gasteiger charge is 2.21. The zero-order chi connectivity index (χ0) is 9.26. The van der Waals surface area contributed by atoms with Gasteiger partial charge in [0.15, 0.2) is 0 Å². The van der Waals surface area contributed by atoms with Crippen molar-refractivity contribution in [2.75, 3.05) is 6.61 Å². The Bertz CT molecular complexity index is 365. The number of para-hydroxylation sites is 1. The van der Waals surface area contributed by atoms with Crippen molar-refractivity contribution in [2.45, 2.75) is 19.4 Å². The predicted molar refractivity (Wildman–Crippen MR) is 50.7 cm³/mol. The zero-order valence-corrected chi connectivity index (χ0v) is 7.58. The zero-order valence-electron chi connectivity index (χ0n) is 7.58. The molecule has 1 heterocycles. The summed E-state index contributed by atoms with van der Waals surface area (Å²) in [5.41, 5.74) is 2.28. The maximum atomic E-state index is 6.98. The number of hydrogen-bond acceptors (Lipinski definition) is 1. The van der Waals surface area contributed by atoms with Crippen LogP contribution in [0.3, 0.4) is 0 Å². The fourth-order valence-electron chi connectivity index (χ4n) is 1.64. The molecule has 2 heteroatoms. The van der Waals surface area contributed by atoms with E-state index in [1.54, 1.807) is 0 Å². The third-order valence-electron chi connectivity index (χ3n) is 2.39. The van der Waals surface area contributed by atoms with Crippen LogP contribution in [0.4, 0.5) is 0 Å². The first-order chi connectivity index (χ1) is 6.33. The second kappa shape index (κ2) is 3.10. The molecule has 1 unspecified atom stereocenters. The fraction of sp³-hybridized carbons (Fsp3) is 0.364. The maximum Gasteiger partial charge on any atom is 0.249 e. The van der Waals surface area contributed by atoms with E-state index in [2.05, 4.69) is 10.9 Å². The van der Waals surface area contributed by atoms with Crippen LogP contribution in [0.1, 0.15) is 24.1 Å². The molecule has 66 valence electrons. The Morgan fingerprint density at radius 1 is 1.54 bits per heavy atom. The fourth-order valence-corrected chi connectivity index (χ4v) is 1.64. The Balaban J connectivity index is 2.48. The van der Waals surface area contributed by atoms with E-state index in [9.17, 15) is 0 Å². The molecule has 0 bridgehead atoms. The summed E-state index contributed by atoms with van der Waals surface area (Å²) in [7, 11) is 0. The van der Waals surface area contributed by atoms with E-state index in [1.165, 1.54) is 5.56 Å². The second-order valence-electron chi connectivity index (χ2n) is 3.24. The Morgan fingerprint density at radius 2 is 2.38 bits per heavy atom. The van der Waals surface area contributed by atoms with Crippen molar-refractivity contribution in [3.63, 3.8) is 0 Å². The molecular formula is C11H11NO. The molecule has 1 aliphatic rings. The Labute approximate surface area is 78.0 Å². The lowest BCUT2D eigenvalue weighted by Gasteiger charge is -2.05. The third kappa shape index (κ3) is 1.27. The normalized spacial score (nSPS) is 15.7. The smallest absolute Gasteiger partial charge is 0.249 e. The lowest BCUT2D eigenvalue weighted by atomic mass is 10.0. The van der Waals surface area contributed by atoms with E-state index in [0.29, 0.717) is 0 Å².